The molecule has 0 saturated heterocycles. The molecule has 2 rings (SSSR count). The van der Waals surface area contributed by atoms with Crippen LogP contribution in [0.15, 0.2) is 34.9 Å². The summed E-state index contributed by atoms with van der Waals surface area (Å²) in [6.45, 7) is 3.29. The Balaban J connectivity index is 2.05. The normalized spacial score (nSPS) is 10.0. The minimum absolute atomic E-state index is 0.00144. The van der Waals surface area contributed by atoms with Gasteiger partial charge in [-0.15, -0.1) is 0 Å². The van der Waals surface area contributed by atoms with E-state index >= 15 is 0 Å². The molecule has 0 aliphatic carbocycles. The van der Waals surface area contributed by atoms with E-state index in [4.69, 9.17) is 4.42 Å². The van der Waals surface area contributed by atoms with Crippen LogP contribution in [-0.2, 0) is 4.79 Å². The highest BCUT2D eigenvalue weighted by Crippen LogP contribution is 2.13. The van der Waals surface area contributed by atoms with Gasteiger partial charge in [-0.3, -0.25) is 14.9 Å². The predicted octanol–water partition coefficient (Wildman–Crippen LogP) is 2.19. The van der Waals surface area contributed by atoms with Gasteiger partial charge in [-0.1, -0.05) is 17.7 Å². The van der Waals surface area contributed by atoms with Crippen LogP contribution in [0.2, 0.25) is 0 Å². The topological polar surface area (TPSA) is 84.2 Å². The van der Waals surface area contributed by atoms with E-state index in [2.05, 4.69) is 15.6 Å². The van der Waals surface area contributed by atoms with Gasteiger partial charge >= 0.3 is 6.01 Å². The van der Waals surface area contributed by atoms with E-state index < -0.39 is 5.91 Å². The highest BCUT2D eigenvalue weighted by atomic mass is 16.4. The fraction of sp³-hybridized carbons (Fsp3) is 0.154. The minimum Gasteiger partial charge on any atom is -0.418 e. The predicted molar refractivity (Wildman–Crippen MR) is 69.9 cm³/mol. The SMILES string of the molecule is CC(=O)Nc1ncc(C(=O)Nc2ccc(C)cc2)o1. The number of aryl methyl sites for hydroxylation is 1. The van der Waals surface area contributed by atoms with Crippen LogP contribution < -0.4 is 10.6 Å². The number of hydrogen-bond donors (Lipinski definition) is 2. The second-order valence-electron chi connectivity index (χ2n) is 4.03. The maximum absolute atomic E-state index is 11.8. The van der Waals surface area contributed by atoms with E-state index in [0.717, 1.165) is 5.56 Å². The van der Waals surface area contributed by atoms with Crippen molar-refractivity contribution in [3.63, 3.8) is 0 Å². The number of carbonyl (C=O) groups excluding carboxylic acids is 2. The van der Waals surface area contributed by atoms with Gasteiger partial charge < -0.3 is 9.73 Å². The number of nitrogens with zero attached hydrogens (tertiary/aromatic N) is 1. The van der Waals surface area contributed by atoms with Crippen LogP contribution in [0.4, 0.5) is 11.7 Å². The monoisotopic (exact) mass is 259 g/mol. The molecule has 2 N–H and O–H groups in total. The molecule has 0 aliphatic heterocycles. The number of aromatic nitrogens is 1. The molecule has 1 aromatic carbocycles. The number of anilines is 2. The van der Waals surface area contributed by atoms with Gasteiger partial charge in [0.05, 0.1) is 6.20 Å². The van der Waals surface area contributed by atoms with Crippen LogP contribution in [0.25, 0.3) is 0 Å². The molecular formula is C13H13N3O3. The quantitative estimate of drug-likeness (QED) is 0.884. The lowest BCUT2D eigenvalue weighted by Crippen LogP contribution is -2.11. The molecule has 0 atom stereocenters. The Morgan fingerprint density at radius 2 is 1.84 bits per heavy atom. The zero-order chi connectivity index (χ0) is 13.8. The Bertz CT molecular complexity index is 602. The third-order valence-corrected chi connectivity index (χ3v) is 2.32. The highest BCUT2D eigenvalue weighted by molar-refractivity contribution is 6.02. The van der Waals surface area contributed by atoms with Crippen LogP contribution in [-0.4, -0.2) is 16.8 Å². The van der Waals surface area contributed by atoms with Crippen molar-refractivity contribution < 1.29 is 14.0 Å². The maximum Gasteiger partial charge on any atom is 0.302 e. The number of rotatable bonds is 3. The van der Waals surface area contributed by atoms with E-state index in [0.29, 0.717) is 5.69 Å². The lowest BCUT2D eigenvalue weighted by molar-refractivity contribution is -0.114. The van der Waals surface area contributed by atoms with Gasteiger partial charge in [-0.25, -0.2) is 4.98 Å². The number of benzene rings is 1. The van der Waals surface area contributed by atoms with Gasteiger partial charge in [0.1, 0.15) is 0 Å². The molecule has 19 heavy (non-hydrogen) atoms. The molecule has 0 saturated carbocycles. The first-order valence-electron chi connectivity index (χ1n) is 5.66. The van der Waals surface area contributed by atoms with E-state index in [9.17, 15) is 9.59 Å². The molecule has 6 nitrogen and oxygen atoms in total. The molecule has 0 fully saturated rings. The molecule has 0 spiro atoms. The molecule has 0 bridgehead atoms. The summed E-state index contributed by atoms with van der Waals surface area (Å²) < 4.78 is 5.10. The van der Waals surface area contributed by atoms with Gasteiger partial charge in [-0.05, 0) is 19.1 Å². The van der Waals surface area contributed by atoms with Gasteiger partial charge in [0.25, 0.3) is 5.91 Å². The third-order valence-electron chi connectivity index (χ3n) is 2.32. The second kappa shape index (κ2) is 5.34. The van der Waals surface area contributed by atoms with Crippen molar-refractivity contribution >= 4 is 23.5 Å². The standard InChI is InChI=1S/C13H13N3O3/c1-8-3-5-10(6-4-8)16-12(18)11-7-14-13(19-11)15-9(2)17/h3-7H,1-2H3,(H,16,18)(H,14,15,17). The van der Waals surface area contributed by atoms with Crippen molar-refractivity contribution in [3.05, 3.63) is 41.8 Å². The van der Waals surface area contributed by atoms with Crippen LogP contribution >= 0.6 is 0 Å². The summed E-state index contributed by atoms with van der Waals surface area (Å²) in [5.41, 5.74) is 1.76. The first kappa shape index (κ1) is 12.8. The zero-order valence-electron chi connectivity index (χ0n) is 10.6. The second-order valence-corrected chi connectivity index (χ2v) is 4.03. The summed E-state index contributed by atoms with van der Waals surface area (Å²) in [6.07, 6.45) is 1.26. The van der Waals surface area contributed by atoms with Crippen molar-refractivity contribution in [1.29, 1.82) is 0 Å². The van der Waals surface area contributed by atoms with E-state index in [1.54, 1.807) is 12.1 Å². The summed E-state index contributed by atoms with van der Waals surface area (Å²) in [7, 11) is 0. The summed E-state index contributed by atoms with van der Waals surface area (Å²) >= 11 is 0. The van der Waals surface area contributed by atoms with Crippen LogP contribution in [0.3, 0.4) is 0 Å². The average molecular weight is 259 g/mol. The fourth-order valence-electron chi connectivity index (χ4n) is 1.42. The van der Waals surface area contributed by atoms with Gasteiger partial charge in [0, 0.05) is 12.6 Å². The zero-order valence-corrected chi connectivity index (χ0v) is 10.6. The Morgan fingerprint density at radius 3 is 2.47 bits per heavy atom. The summed E-state index contributed by atoms with van der Waals surface area (Å²) in [4.78, 5) is 26.4. The Labute approximate surface area is 109 Å². The molecule has 2 aromatic rings. The molecular weight excluding hydrogens is 246 g/mol. The van der Waals surface area contributed by atoms with E-state index in [-0.39, 0.29) is 17.7 Å². The maximum atomic E-state index is 11.8. The molecule has 1 aromatic heterocycles. The molecule has 0 aliphatic rings. The number of oxazole rings is 1. The van der Waals surface area contributed by atoms with Gasteiger partial charge in [0.15, 0.2) is 0 Å². The largest absolute Gasteiger partial charge is 0.418 e. The van der Waals surface area contributed by atoms with Crippen molar-refractivity contribution in [1.82, 2.24) is 4.98 Å². The molecule has 0 radical (unpaired) electrons. The number of amides is 2. The van der Waals surface area contributed by atoms with Crippen molar-refractivity contribution in [2.24, 2.45) is 0 Å². The van der Waals surface area contributed by atoms with E-state index in [1.165, 1.54) is 13.1 Å². The van der Waals surface area contributed by atoms with Crippen LogP contribution in [0.1, 0.15) is 23.0 Å². The van der Waals surface area contributed by atoms with Gasteiger partial charge in [-0.2, -0.15) is 0 Å². The Hall–Kier alpha value is -2.63. The lowest BCUT2D eigenvalue weighted by Gasteiger charge is -2.02. The Kier molecular flexibility index (Phi) is 3.61. The number of carbonyl (C=O) groups is 2. The summed E-state index contributed by atoms with van der Waals surface area (Å²) in [6, 6.07) is 7.36. The smallest absolute Gasteiger partial charge is 0.302 e. The summed E-state index contributed by atoms with van der Waals surface area (Å²) in [5, 5.41) is 5.02. The first-order valence-corrected chi connectivity index (χ1v) is 5.66. The molecule has 98 valence electrons. The van der Waals surface area contributed by atoms with E-state index in [1.807, 2.05) is 19.1 Å². The molecule has 6 heteroatoms. The molecule has 1 heterocycles. The average Bonchev–Trinajstić information content (AvgIpc) is 2.80. The van der Waals surface area contributed by atoms with Crippen molar-refractivity contribution in [2.45, 2.75) is 13.8 Å². The molecule has 2 amide bonds. The minimum atomic E-state index is -0.423. The van der Waals surface area contributed by atoms with Gasteiger partial charge in [0.2, 0.25) is 11.7 Å². The van der Waals surface area contributed by atoms with Crippen LogP contribution in [0.5, 0.6) is 0 Å². The highest BCUT2D eigenvalue weighted by Gasteiger charge is 2.13. The number of hydrogen-bond acceptors (Lipinski definition) is 4. The van der Waals surface area contributed by atoms with Crippen LogP contribution in [0, 0.1) is 6.92 Å². The Morgan fingerprint density at radius 1 is 1.16 bits per heavy atom. The van der Waals surface area contributed by atoms with Crippen molar-refractivity contribution in [3.8, 4) is 0 Å². The third kappa shape index (κ3) is 3.41. The summed E-state index contributed by atoms with van der Waals surface area (Å²) in [5.74, 6) is -0.704. The first-order chi connectivity index (χ1) is 9.04. The lowest BCUT2D eigenvalue weighted by atomic mass is 10.2. The van der Waals surface area contributed by atoms with Crippen molar-refractivity contribution in [2.75, 3.05) is 10.6 Å². The number of nitrogens with one attached hydrogen (secondary N) is 2. The molecule has 0 unspecified atom stereocenters. The fourth-order valence-corrected chi connectivity index (χ4v) is 1.42.